The number of carbonyl (C=O) groups excluding carboxylic acids is 2. The summed E-state index contributed by atoms with van der Waals surface area (Å²) in [4.78, 5) is 34.2. The van der Waals surface area contributed by atoms with Gasteiger partial charge in [-0.3, -0.25) is 19.7 Å². The number of methoxy groups -OCH3 is 1. The Hall–Kier alpha value is -3.42. The molecule has 0 fully saturated rings. The van der Waals surface area contributed by atoms with Crippen LogP contribution in [0.2, 0.25) is 0 Å². The van der Waals surface area contributed by atoms with E-state index in [9.17, 15) is 19.7 Å². The van der Waals surface area contributed by atoms with Crippen LogP contribution in [0.15, 0.2) is 36.4 Å². The second-order valence-electron chi connectivity index (χ2n) is 5.26. The van der Waals surface area contributed by atoms with Gasteiger partial charge in [0.25, 0.3) is 11.6 Å². The molecule has 0 aromatic heterocycles. The van der Waals surface area contributed by atoms with Crippen LogP contribution in [-0.4, -0.2) is 23.8 Å². The topological polar surface area (TPSA) is 111 Å². The van der Waals surface area contributed by atoms with Crippen LogP contribution < -0.4 is 15.4 Å². The molecule has 0 heterocycles. The number of rotatable bonds is 5. The standard InChI is InChI=1S/C17H17N3O5/c1-10-13(5-4-6-15(10)20(23)24)17(22)19-14-9-12(18-11(2)21)7-8-16(14)25-3/h4-9H,1-3H3,(H,18,21)(H,19,22). The molecule has 0 aliphatic heterocycles. The molecular weight excluding hydrogens is 326 g/mol. The van der Waals surface area contributed by atoms with Crippen molar-refractivity contribution in [3.8, 4) is 5.75 Å². The highest BCUT2D eigenvalue weighted by molar-refractivity contribution is 6.07. The lowest BCUT2D eigenvalue weighted by atomic mass is 10.1. The largest absolute Gasteiger partial charge is 0.495 e. The van der Waals surface area contributed by atoms with Crippen LogP contribution in [0.4, 0.5) is 17.1 Å². The minimum atomic E-state index is -0.538. The Morgan fingerprint density at radius 2 is 1.88 bits per heavy atom. The molecule has 130 valence electrons. The van der Waals surface area contributed by atoms with E-state index in [1.807, 2.05) is 0 Å². The van der Waals surface area contributed by atoms with E-state index < -0.39 is 10.8 Å². The smallest absolute Gasteiger partial charge is 0.273 e. The summed E-state index contributed by atoms with van der Waals surface area (Å²) in [6, 6.07) is 9.07. The molecule has 0 spiro atoms. The summed E-state index contributed by atoms with van der Waals surface area (Å²) in [5.74, 6) is -0.373. The van der Waals surface area contributed by atoms with Gasteiger partial charge in [-0.1, -0.05) is 6.07 Å². The number of nitrogens with one attached hydrogen (secondary N) is 2. The number of ether oxygens (including phenoxy) is 1. The molecule has 0 atom stereocenters. The first-order valence-electron chi connectivity index (χ1n) is 7.34. The maximum absolute atomic E-state index is 12.5. The zero-order valence-corrected chi connectivity index (χ0v) is 14.0. The molecule has 8 heteroatoms. The van der Waals surface area contributed by atoms with Gasteiger partial charge in [-0.15, -0.1) is 0 Å². The Kier molecular flexibility index (Phi) is 5.33. The fourth-order valence-corrected chi connectivity index (χ4v) is 2.34. The van der Waals surface area contributed by atoms with E-state index in [4.69, 9.17) is 4.74 Å². The number of hydrogen-bond donors (Lipinski definition) is 2. The first-order valence-corrected chi connectivity index (χ1v) is 7.34. The molecule has 2 aromatic carbocycles. The molecule has 0 radical (unpaired) electrons. The molecule has 8 nitrogen and oxygen atoms in total. The van der Waals surface area contributed by atoms with Gasteiger partial charge in [0, 0.05) is 29.8 Å². The normalized spacial score (nSPS) is 10.0. The SMILES string of the molecule is COc1ccc(NC(C)=O)cc1NC(=O)c1cccc([N+](=O)[O-])c1C. The quantitative estimate of drug-likeness (QED) is 0.640. The van der Waals surface area contributed by atoms with Crippen LogP contribution in [0.1, 0.15) is 22.8 Å². The van der Waals surface area contributed by atoms with Crippen molar-refractivity contribution in [2.45, 2.75) is 13.8 Å². The van der Waals surface area contributed by atoms with Crippen molar-refractivity contribution in [3.63, 3.8) is 0 Å². The Bertz CT molecular complexity index is 848. The molecule has 2 aromatic rings. The summed E-state index contributed by atoms with van der Waals surface area (Å²) in [7, 11) is 1.45. The highest BCUT2D eigenvalue weighted by Crippen LogP contribution is 2.29. The third-order valence-electron chi connectivity index (χ3n) is 3.51. The number of amides is 2. The van der Waals surface area contributed by atoms with Gasteiger partial charge in [0.05, 0.1) is 17.7 Å². The number of anilines is 2. The van der Waals surface area contributed by atoms with Gasteiger partial charge < -0.3 is 15.4 Å². The highest BCUT2D eigenvalue weighted by atomic mass is 16.6. The first kappa shape index (κ1) is 17.9. The zero-order valence-electron chi connectivity index (χ0n) is 14.0. The fourth-order valence-electron chi connectivity index (χ4n) is 2.34. The molecule has 2 amide bonds. The van der Waals surface area contributed by atoms with Gasteiger partial charge in [-0.25, -0.2) is 0 Å². The van der Waals surface area contributed by atoms with Crippen molar-refractivity contribution in [2.24, 2.45) is 0 Å². The lowest BCUT2D eigenvalue weighted by molar-refractivity contribution is -0.385. The molecule has 0 aliphatic rings. The number of nitrogens with zero attached hydrogens (tertiary/aromatic N) is 1. The maximum atomic E-state index is 12.5. The molecule has 25 heavy (non-hydrogen) atoms. The summed E-state index contributed by atoms with van der Waals surface area (Å²) < 4.78 is 5.20. The summed E-state index contributed by atoms with van der Waals surface area (Å²) in [5, 5.41) is 16.3. The third kappa shape index (κ3) is 4.11. The van der Waals surface area contributed by atoms with E-state index in [1.165, 1.54) is 39.2 Å². The second-order valence-corrected chi connectivity index (χ2v) is 5.26. The number of benzene rings is 2. The van der Waals surface area contributed by atoms with Crippen molar-refractivity contribution in [1.82, 2.24) is 0 Å². The van der Waals surface area contributed by atoms with Crippen LogP contribution in [0.3, 0.4) is 0 Å². The summed E-state index contributed by atoms with van der Waals surface area (Å²) in [6.07, 6.45) is 0. The Morgan fingerprint density at radius 3 is 2.48 bits per heavy atom. The number of nitro benzene ring substituents is 1. The predicted molar refractivity (Wildman–Crippen MR) is 93.1 cm³/mol. The number of hydrogen-bond acceptors (Lipinski definition) is 5. The summed E-state index contributed by atoms with van der Waals surface area (Å²) in [6.45, 7) is 2.88. The lowest BCUT2D eigenvalue weighted by Crippen LogP contribution is -2.15. The van der Waals surface area contributed by atoms with Crippen molar-refractivity contribution < 1.29 is 19.2 Å². The Morgan fingerprint density at radius 1 is 1.16 bits per heavy atom. The van der Waals surface area contributed by atoms with Crippen molar-refractivity contribution in [2.75, 3.05) is 17.7 Å². The predicted octanol–water partition coefficient (Wildman–Crippen LogP) is 3.12. The van der Waals surface area contributed by atoms with E-state index in [0.29, 0.717) is 17.1 Å². The zero-order chi connectivity index (χ0) is 18.6. The van der Waals surface area contributed by atoms with E-state index in [2.05, 4.69) is 10.6 Å². The minimum absolute atomic E-state index is 0.133. The third-order valence-corrected chi connectivity index (χ3v) is 3.51. The van der Waals surface area contributed by atoms with Crippen LogP contribution in [-0.2, 0) is 4.79 Å². The van der Waals surface area contributed by atoms with Crippen molar-refractivity contribution in [1.29, 1.82) is 0 Å². The van der Waals surface area contributed by atoms with Gasteiger partial charge >= 0.3 is 0 Å². The lowest BCUT2D eigenvalue weighted by Gasteiger charge is -2.13. The van der Waals surface area contributed by atoms with Crippen LogP contribution >= 0.6 is 0 Å². The maximum Gasteiger partial charge on any atom is 0.273 e. The average molecular weight is 343 g/mol. The van der Waals surface area contributed by atoms with Gasteiger partial charge in [-0.2, -0.15) is 0 Å². The molecule has 0 aliphatic carbocycles. The van der Waals surface area contributed by atoms with Crippen molar-refractivity contribution >= 4 is 28.9 Å². The minimum Gasteiger partial charge on any atom is -0.495 e. The highest BCUT2D eigenvalue weighted by Gasteiger charge is 2.19. The van der Waals surface area contributed by atoms with Gasteiger partial charge in [0.15, 0.2) is 0 Å². The molecule has 0 bridgehead atoms. The molecule has 0 unspecified atom stereocenters. The van der Waals surface area contributed by atoms with E-state index >= 15 is 0 Å². The molecule has 0 saturated carbocycles. The second kappa shape index (κ2) is 7.43. The van der Waals surface area contributed by atoms with Crippen LogP contribution in [0, 0.1) is 17.0 Å². The molecule has 0 saturated heterocycles. The first-order chi connectivity index (χ1) is 11.8. The number of nitro groups is 1. The summed E-state index contributed by atoms with van der Waals surface area (Å²) >= 11 is 0. The Balaban J connectivity index is 2.36. The fraction of sp³-hybridized carbons (Fsp3) is 0.176. The van der Waals surface area contributed by atoms with E-state index in [1.54, 1.807) is 18.2 Å². The molecule has 2 rings (SSSR count). The van der Waals surface area contributed by atoms with Crippen LogP contribution in [0.25, 0.3) is 0 Å². The van der Waals surface area contributed by atoms with E-state index in [0.717, 1.165) is 0 Å². The molecule has 2 N–H and O–H groups in total. The van der Waals surface area contributed by atoms with Gasteiger partial charge in [0.2, 0.25) is 5.91 Å². The monoisotopic (exact) mass is 343 g/mol. The van der Waals surface area contributed by atoms with Crippen LogP contribution in [0.5, 0.6) is 5.75 Å². The Labute approximate surface area is 144 Å². The molecular formula is C17H17N3O5. The average Bonchev–Trinajstić information content (AvgIpc) is 2.54. The van der Waals surface area contributed by atoms with Crippen molar-refractivity contribution in [3.05, 3.63) is 57.6 Å². The number of carbonyl (C=O) groups is 2. The summed E-state index contributed by atoms with van der Waals surface area (Å²) in [5.41, 5.74) is 1.14. The van der Waals surface area contributed by atoms with Gasteiger partial charge in [0.1, 0.15) is 5.75 Å². The van der Waals surface area contributed by atoms with Gasteiger partial charge in [-0.05, 0) is 31.2 Å². The van der Waals surface area contributed by atoms with E-state index in [-0.39, 0.29) is 22.7 Å².